The second-order valence-corrected chi connectivity index (χ2v) is 13.6. The molecule has 6 rings (SSSR count). The maximum atomic E-state index is 13.1. The zero-order chi connectivity index (χ0) is 44.5. The van der Waals surface area contributed by atoms with E-state index in [1.807, 2.05) is 24.3 Å². The van der Waals surface area contributed by atoms with E-state index in [2.05, 4.69) is 10.6 Å². The van der Waals surface area contributed by atoms with Gasteiger partial charge in [0, 0.05) is 35.9 Å². The first-order chi connectivity index (χ1) is 28.9. The fraction of sp³-hybridized carbons (Fsp3) is 0.200. The highest BCUT2D eigenvalue weighted by Gasteiger charge is 2.32. The van der Waals surface area contributed by atoms with E-state index in [9.17, 15) is 49.9 Å². The van der Waals surface area contributed by atoms with E-state index in [1.54, 1.807) is 33.1 Å². The summed E-state index contributed by atoms with van der Waals surface area (Å²) >= 11 is 0. The van der Waals surface area contributed by atoms with Crippen LogP contribution in [-0.2, 0) is 25.2 Å². The number of amides is 2. The maximum Gasteiger partial charge on any atom is 0.416 e. The molecule has 0 saturated carbocycles. The van der Waals surface area contributed by atoms with Gasteiger partial charge in [0.05, 0.1) is 18.2 Å². The largest absolute Gasteiger partial charge is 0.497 e. The normalized spacial score (nSPS) is 11.3. The zero-order valence-electron chi connectivity index (χ0n) is 33.0. The van der Waals surface area contributed by atoms with Crippen molar-refractivity contribution in [3.63, 3.8) is 0 Å². The molecule has 0 saturated heterocycles. The van der Waals surface area contributed by atoms with Crippen LogP contribution in [0.25, 0.3) is 11.4 Å². The predicted molar refractivity (Wildman–Crippen MR) is 215 cm³/mol. The Morgan fingerprint density at radius 2 is 1.02 bits per heavy atom. The third kappa shape index (κ3) is 11.6. The number of nitrogens with zero attached hydrogens (tertiary/aromatic N) is 2. The molecular weight excluding hydrogens is 810 g/mol. The number of halogens is 7. The van der Waals surface area contributed by atoms with Crippen LogP contribution in [0.15, 0.2) is 131 Å². The molecule has 0 unspecified atom stereocenters. The Morgan fingerprint density at radius 1 is 0.574 bits per heavy atom. The van der Waals surface area contributed by atoms with Crippen molar-refractivity contribution < 1.29 is 45.1 Å². The van der Waals surface area contributed by atoms with Crippen LogP contribution in [0, 0.1) is 19.7 Å². The molecule has 6 aromatic rings. The van der Waals surface area contributed by atoms with Crippen molar-refractivity contribution in [2.75, 3.05) is 20.2 Å². The lowest BCUT2D eigenvalue weighted by molar-refractivity contribution is -0.138. The van der Waals surface area contributed by atoms with Crippen LogP contribution in [0.4, 0.5) is 30.7 Å². The minimum atomic E-state index is -4.55. The van der Waals surface area contributed by atoms with Crippen LogP contribution in [-0.4, -0.2) is 41.1 Å². The molecule has 0 bridgehead atoms. The van der Waals surface area contributed by atoms with E-state index in [0.717, 1.165) is 44.5 Å². The molecule has 0 atom stereocenters. The van der Waals surface area contributed by atoms with Crippen molar-refractivity contribution >= 4 is 11.8 Å². The first kappa shape index (κ1) is 45.1. The summed E-state index contributed by atoms with van der Waals surface area (Å²) in [5, 5.41) is 5.30. The number of hydrogen-bond donors (Lipinski definition) is 2. The highest BCUT2D eigenvalue weighted by atomic mass is 19.4. The van der Waals surface area contributed by atoms with Crippen molar-refractivity contribution in [3.05, 3.63) is 193 Å². The quantitative estimate of drug-likeness (QED) is 0.127. The Labute approximate surface area is 345 Å². The van der Waals surface area contributed by atoms with E-state index in [1.165, 1.54) is 60.7 Å². The number of benzene rings is 4. The number of aryl methyl sites for hydroxylation is 2. The van der Waals surface area contributed by atoms with E-state index in [0.29, 0.717) is 30.0 Å². The molecule has 2 amide bonds. The molecule has 0 radical (unpaired) electrons. The molecule has 61 heavy (non-hydrogen) atoms. The summed E-state index contributed by atoms with van der Waals surface area (Å²) in [5.74, 6) is -0.889. The minimum absolute atomic E-state index is 0.0216. The van der Waals surface area contributed by atoms with Gasteiger partial charge in [-0.3, -0.25) is 28.3 Å². The van der Waals surface area contributed by atoms with Gasteiger partial charge < -0.3 is 15.4 Å². The standard InChI is InChI=1S/C23H21F3N2O3.C22H18F4N2O2/c1-15-9-10-20(21(29)27-12-11-16-5-3-8-19(13-16)31-2)22(30)28(15)18-7-4-6-17(14-18)23(24,25)26;1-14-5-10-19(20(29)27-12-11-15-6-8-17(23)9-7-15)21(30)28(14)18-4-2-3-16(13-18)22(24,25)26/h3-10,13-14H,11-12H2,1-2H3,(H,27,29);2-10,13H,11-12H2,1H3,(H,27,29). The van der Waals surface area contributed by atoms with Gasteiger partial charge in [-0.1, -0.05) is 36.4 Å². The molecule has 16 heteroatoms. The molecule has 4 aromatic carbocycles. The average molecular weight is 849 g/mol. The molecule has 0 aliphatic heterocycles. The smallest absolute Gasteiger partial charge is 0.416 e. The molecule has 9 nitrogen and oxygen atoms in total. The summed E-state index contributed by atoms with van der Waals surface area (Å²) in [6, 6.07) is 27.7. The predicted octanol–water partition coefficient (Wildman–Crippen LogP) is 8.42. The number of pyridine rings is 2. The number of ether oxygens (including phenoxy) is 1. The Hall–Kier alpha value is -6.97. The van der Waals surface area contributed by atoms with Crippen LogP contribution in [0.1, 0.15) is 54.4 Å². The van der Waals surface area contributed by atoms with Crippen LogP contribution in [0.2, 0.25) is 0 Å². The molecule has 2 N–H and O–H groups in total. The van der Waals surface area contributed by atoms with Gasteiger partial charge in [0.15, 0.2) is 0 Å². The number of methoxy groups -OCH3 is 1. The van der Waals surface area contributed by atoms with Crippen molar-refractivity contribution in [1.82, 2.24) is 19.8 Å². The Morgan fingerprint density at radius 3 is 1.46 bits per heavy atom. The number of alkyl halides is 6. The topological polar surface area (TPSA) is 111 Å². The Balaban J connectivity index is 0.000000231. The van der Waals surface area contributed by atoms with Crippen molar-refractivity contribution in [2.45, 2.75) is 39.0 Å². The van der Waals surface area contributed by atoms with Crippen LogP contribution < -0.4 is 26.5 Å². The lowest BCUT2D eigenvalue weighted by Gasteiger charge is -2.14. The number of carbonyl (C=O) groups excluding carboxylic acids is 2. The highest BCUT2D eigenvalue weighted by molar-refractivity contribution is 5.94. The molecule has 0 aliphatic carbocycles. The number of aromatic nitrogens is 2. The average Bonchev–Trinajstić information content (AvgIpc) is 3.21. The fourth-order valence-electron chi connectivity index (χ4n) is 6.20. The number of carbonyl (C=O) groups is 2. The first-order valence-corrected chi connectivity index (χ1v) is 18.6. The summed E-state index contributed by atoms with van der Waals surface area (Å²) in [7, 11) is 1.56. The van der Waals surface area contributed by atoms with Crippen LogP contribution in [0.3, 0.4) is 0 Å². The summed E-state index contributed by atoms with van der Waals surface area (Å²) in [4.78, 5) is 50.8. The molecule has 2 heterocycles. The lowest BCUT2D eigenvalue weighted by atomic mass is 10.1. The van der Waals surface area contributed by atoms with Gasteiger partial charge in [-0.2, -0.15) is 26.3 Å². The summed E-state index contributed by atoms with van der Waals surface area (Å²) in [5.41, 5.74) is -0.856. The summed E-state index contributed by atoms with van der Waals surface area (Å²) in [6.45, 7) is 3.65. The van der Waals surface area contributed by atoms with Crippen molar-refractivity contribution in [2.24, 2.45) is 0 Å². The summed E-state index contributed by atoms with van der Waals surface area (Å²) in [6.07, 6.45) is -8.14. The van der Waals surface area contributed by atoms with Crippen molar-refractivity contribution in [1.29, 1.82) is 0 Å². The van der Waals surface area contributed by atoms with Gasteiger partial charge in [-0.05, 0) is 123 Å². The van der Waals surface area contributed by atoms with Crippen LogP contribution in [0.5, 0.6) is 5.75 Å². The first-order valence-electron chi connectivity index (χ1n) is 18.6. The molecule has 0 spiro atoms. The van der Waals surface area contributed by atoms with E-state index >= 15 is 0 Å². The number of rotatable bonds is 11. The SMILES string of the molecule is COc1cccc(CCNC(=O)c2ccc(C)n(-c3cccc(C(F)(F)F)c3)c2=O)c1.Cc1ccc(C(=O)NCCc2ccc(F)cc2)c(=O)n1-c1cccc(C(F)(F)F)c1. The Kier molecular flexibility index (Phi) is 14.3. The summed E-state index contributed by atoms with van der Waals surface area (Å²) < 4.78 is 98.5. The lowest BCUT2D eigenvalue weighted by Crippen LogP contribution is -2.34. The molecule has 0 aliphatic rings. The third-order valence-corrected chi connectivity index (χ3v) is 9.35. The second-order valence-electron chi connectivity index (χ2n) is 13.6. The van der Waals surface area contributed by atoms with E-state index < -0.39 is 46.4 Å². The van der Waals surface area contributed by atoms with E-state index in [4.69, 9.17) is 4.74 Å². The van der Waals surface area contributed by atoms with Gasteiger partial charge in [0.1, 0.15) is 22.7 Å². The molecular formula is C45H39F7N4O5. The maximum absolute atomic E-state index is 13.1. The Bertz CT molecular complexity index is 2640. The minimum Gasteiger partial charge on any atom is -0.497 e. The number of hydrogen-bond acceptors (Lipinski definition) is 5. The van der Waals surface area contributed by atoms with Gasteiger partial charge in [0.2, 0.25) is 0 Å². The monoisotopic (exact) mass is 848 g/mol. The van der Waals surface area contributed by atoms with Gasteiger partial charge in [0.25, 0.3) is 22.9 Å². The number of nitrogens with one attached hydrogen (secondary N) is 2. The zero-order valence-corrected chi connectivity index (χ0v) is 33.0. The van der Waals surface area contributed by atoms with E-state index in [-0.39, 0.29) is 41.4 Å². The van der Waals surface area contributed by atoms with Gasteiger partial charge >= 0.3 is 12.4 Å². The van der Waals surface area contributed by atoms with Gasteiger partial charge in [-0.15, -0.1) is 0 Å². The second kappa shape index (κ2) is 19.4. The molecule has 0 fully saturated rings. The van der Waals surface area contributed by atoms with Crippen molar-refractivity contribution in [3.8, 4) is 17.1 Å². The molecule has 318 valence electrons. The molecule has 2 aromatic heterocycles. The third-order valence-electron chi connectivity index (χ3n) is 9.35. The van der Waals surface area contributed by atoms with Crippen LogP contribution >= 0.6 is 0 Å². The van der Waals surface area contributed by atoms with Gasteiger partial charge in [-0.25, -0.2) is 4.39 Å². The fourth-order valence-corrected chi connectivity index (χ4v) is 6.20. The highest BCUT2D eigenvalue weighted by Crippen LogP contribution is 2.31.